The Kier molecular flexibility index (Phi) is 3.94. The van der Waals surface area contributed by atoms with Crippen LogP contribution >= 0.6 is 15.9 Å². The van der Waals surface area contributed by atoms with Gasteiger partial charge in [0.25, 0.3) is 0 Å². The Bertz CT molecular complexity index is 664. The summed E-state index contributed by atoms with van der Waals surface area (Å²) >= 11 is 3.48. The quantitative estimate of drug-likeness (QED) is 0.855. The van der Waals surface area contributed by atoms with Crippen molar-refractivity contribution in [2.45, 2.75) is 29.9 Å². The summed E-state index contributed by atoms with van der Waals surface area (Å²) in [5, 5.41) is 0. The van der Waals surface area contributed by atoms with E-state index in [4.69, 9.17) is 5.73 Å². The van der Waals surface area contributed by atoms with E-state index in [-0.39, 0.29) is 0 Å². The second kappa shape index (κ2) is 5.70. The molecule has 104 valence electrons. The minimum absolute atomic E-state index is 0.450. The average Bonchev–Trinajstić information content (AvgIpc) is 2.90. The molecule has 2 nitrogen and oxygen atoms in total. The van der Waals surface area contributed by atoms with Crippen LogP contribution in [0.4, 0.5) is 5.69 Å². The highest BCUT2D eigenvalue weighted by Crippen LogP contribution is 2.28. The number of nitrogens with two attached hydrogens (primary N) is 1. The predicted octanol–water partition coefficient (Wildman–Crippen LogP) is 3.83. The zero-order valence-corrected chi connectivity index (χ0v) is 13.5. The van der Waals surface area contributed by atoms with Gasteiger partial charge in [-0.15, -0.1) is 0 Å². The lowest BCUT2D eigenvalue weighted by Gasteiger charge is -2.09. The van der Waals surface area contributed by atoms with Crippen molar-refractivity contribution >= 4 is 32.4 Å². The number of halogens is 1. The minimum Gasteiger partial charge on any atom is -0.398 e. The standard InChI is InChI=1S/C16H16BrNOS/c17-15-5-2-6-16(18)14(15)10-20(19)13-8-7-11-3-1-4-12(11)9-13/h2,5-9H,1,3-4,10,18H2. The van der Waals surface area contributed by atoms with Crippen molar-refractivity contribution in [1.82, 2.24) is 0 Å². The molecule has 20 heavy (non-hydrogen) atoms. The molecule has 2 aromatic carbocycles. The number of anilines is 1. The molecule has 0 heterocycles. The zero-order chi connectivity index (χ0) is 14.1. The summed E-state index contributed by atoms with van der Waals surface area (Å²) in [5.41, 5.74) is 10.4. The molecule has 2 aromatic rings. The van der Waals surface area contributed by atoms with E-state index < -0.39 is 10.8 Å². The van der Waals surface area contributed by atoms with Crippen LogP contribution in [0.2, 0.25) is 0 Å². The Balaban J connectivity index is 1.86. The van der Waals surface area contributed by atoms with E-state index in [2.05, 4.69) is 28.1 Å². The molecule has 1 unspecified atom stereocenters. The average molecular weight is 350 g/mol. The van der Waals surface area contributed by atoms with Crippen LogP contribution in [0.1, 0.15) is 23.1 Å². The normalized spacial score (nSPS) is 15.1. The first-order chi connectivity index (χ1) is 9.65. The molecule has 0 saturated carbocycles. The Morgan fingerprint density at radius 1 is 1.15 bits per heavy atom. The zero-order valence-electron chi connectivity index (χ0n) is 11.1. The van der Waals surface area contributed by atoms with E-state index in [1.165, 1.54) is 17.5 Å². The van der Waals surface area contributed by atoms with Gasteiger partial charge in [0.15, 0.2) is 0 Å². The molecular weight excluding hydrogens is 334 g/mol. The maximum Gasteiger partial charge on any atom is 0.0575 e. The Morgan fingerprint density at radius 3 is 2.75 bits per heavy atom. The van der Waals surface area contributed by atoms with Gasteiger partial charge in [0, 0.05) is 20.6 Å². The highest BCUT2D eigenvalue weighted by atomic mass is 79.9. The highest BCUT2D eigenvalue weighted by molar-refractivity contribution is 9.10. The number of hydrogen-bond acceptors (Lipinski definition) is 2. The summed E-state index contributed by atoms with van der Waals surface area (Å²) in [5.74, 6) is 0.450. The molecule has 1 aliphatic carbocycles. The van der Waals surface area contributed by atoms with E-state index in [0.29, 0.717) is 11.4 Å². The number of nitrogen functional groups attached to an aromatic ring is 1. The molecule has 0 spiro atoms. The Labute approximate surface area is 130 Å². The van der Waals surface area contributed by atoms with Crippen LogP contribution in [-0.4, -0.2) is 4.21 Å². The first-order valence-electron chi connectivity index (χ1n) is 6.68. The summed E-state index contributed by atoms with van der Waals surface area (Å²) in [4.78, 5) is 0.904. The van der Waals surface area contributed by atoms with Crippen molar-refractivity contribution in [3.8, 4) is 0 Å². The lowest BCUT2D eigenvalue weighted by atomic mass is 10.1. The molecule has 2 N–H and O–H groups in total. The monoisotopic (exact) mass is 349 g/mol. The highest BCUT2D eigenvalue weighted by Gasteiger charge is 2.15. The Hall–Kier alpha value is -1.13. The lowest BCUT2D eigenvalue weighted by molar-refractivity contribution is 0.682. The van der Waals surface area contributed by atoms with Gasteiger partial charge in [-0.25, -0.2) is 0 Å². The minimum atomic E-state index is -1.06. The van der Waals surface area contributed by atoms with Crippen molar-refractivity contribution in [1.29, 1.82) is 0 Å². The molecule has 0 bridgehead atoms. The van der Waals surface area contributed by atoms with Gasteiger partial charge in [0.2, 0.25) is 0 Å². The lowest BCUT2D eigenvalue weighted by Crippen LogP contribution is -2.02. The van der Waals surface area contributed by atoms with Crippen LogP contribution in [-0.2, 0) is 29.4 Å². The van der Waals surface area contributed by atoms with Crippen molar-refractivity contribution < 1.29 is 4.21 Å². The fourth-order valence-electron chi connectivity index (χ4n) is 2.63. The van der Waals surface area contributed by atoms with E-state index in [1.807, 2.05) is 24.3 Å². The van der Waals surface area contributed by atoms with E-state index in [9.17, 15) is 4.21 Å². The van der Waals surface area contributed by atoms with E-state index >= 15 is 0 Å². The largest absolute Gasteiger partial charge is 0.398 e. The van der Waals surface area contributed by atoms with Crippen LogP contribution in [0.15, 0.2) is 45.8 Å². The van der Waals surface area contributed by atoms with Gasteiger partial charge in [0.05, 0.1) is 16.6 Å². The van der Waals surface area contributed by atoms with Crippen molar-refractivity contribution in [2.75, 3.05) is 5.73 Å². The second-order valence-corrected chi connectivity index (χ2v) is 7.39. The fourth-order valence-corrected chi connectivity index (χ4v) is 4.58. The maximum atomic E-state index is 12.6. The predicted molar refractivity (Wildman–Crippen MR) is 87.1 cm³/mol. The molecular formula is C16H16BrNOS. The third kappa shape index (κ3) is 2.67. The van der Waals surface area contributed by atoms with Crippen LogP contribution < -0.4 is 5.73 Å². The number of aryl methyl sites for hydroxylation is 2. The van der Waals surface area contributed by atoms with Crippen molar-refractivity contribution in [2.24, 2.45) is 0 Å². The second-order valence-electron chi connectivity index (χ2n) is 5.08. The Morgan fingerprint density at radius 2 is 1.95 bits per heavy atom. The maximum absolute atomic E-state index is 12.6. The fraction of sp³-hybridized carbons (Fsp3) is 0.250. The van der Waals surface area contributed by atoms with Gasteiger partial charge >= 0.3 is 0 Å². The topological polar surface area (TPSA) is 43.1 Å². The smallest absolute Gasteiger partial charge is 0.0575 e. The summed E-state index contributed by atoms with van der Waals surface area (Å²) in [6.07, 6.45) is 3.47. The van der Waals surface area contributed by atoms with Gasteiger partial charge in [-0.2, -0.15) is 0 Å². The van der Waals surface area contributed by atoms with Crippen LogP contribution in [0.3, 0.4) is 0 Å². The van der Waals surface area contributed by atoms with Gasteiger partial charge in [-0.05, 0) is 54.7 Å². The molecule has 3 rings (SSSR count). The van der Waals surface area contributed by atoms with Crippen LogP contribution in [0.25, 0.3) is 0 Å². The summed E-state index contributed by atoms with van der Waals surface area (Å²) in [7, 11) is -1.06. The molecule has 0 saturated heterocycles. The van der Waals surface area contributed by atoms with Crippen LogP contribution in [0, 0.1) is 0 Å². The molecule has 1 atom stereocenters. The molecule has 0 aliphatic heterocycles. The summed E-state index contributed by atoms with van der Waals surface area (Å²) in [6.45, 7) is 0. The number of hydrogen-bond donors (Lipinski definition) is 1. The summed E-state index contributed by atoms with van der Waals surface area (Å²) < 4.78 is 13.5. The third-order valence-electron chi connectivity index (χ3n) is 3.76. The van der Waals surface area contributed by atoms with Gasteiger partial charge in [0.1, 0.15) is 0 Å². The van der Waals surface area contributed by atoms with Crippen LogP contribution in [0.5, 0.6) is 0 Å². The van der Waals surface area contributed by atoms with E-state index in [0.717, 1.165) is 27.8 Å². The van der Waals surface area contributed by atoms with Crippen molar-refractivity contribution in [3.05, 3.63) is 57.6 Å². The first-order valence-corrected chi connectivity index (χ1v) is 8.79. The summed E-state index contributed by atoms with van der Waals surface area (Å²) in [6, 6.07) is 11.9. The first kappa shape index (κ1) is 13.8. The number of rotatable bonds is 3. The van der Waals surface area contributed by atoms with E-state index in [1.54, 1.807) is 0 Å². The molecule has 0 amide bonds. The molecule has 0 radical (unpaired) electrons. The molecule has 4 heteroatoms. The van der Waals surface area contributed by atoms with Gasteiger partial charge in [-0.3, -0.25) is 4.21 Å². The molecule has 0 fully saturated rings. The third-order valence-corrected chi connectivity index (χ3v) is 5.84. The molecule has 0 aromatic heterocycles. The SMILES string of the molecule is Nc1cccc(Br)c1CS(=O)c1ccc2c(c1)CCC2. The number of benzene rings is 2. The number of fused-ring (bicyclic) bond motifs is 1. The van der Waals surface area contributed by atoms with Gasteiger partial charge < -0.3 is 5.73 Å². The van der Waals surface area contributed by atoms with Crippen molar-refractivity contribution in [3.63, 3.8) is 0 Å². The molecule has 1 aliphatic rings. The van der Waals surface area contributed by atoms with Gasteiger partial charge in [-0.1, -0.05) is 28.1 Å².